The monoisotopic (exact) mass is 411 g/mol. The minimum atomic E-state index is -0.593. The van der Waals surface area contributed by atoms with E-state index in [4.69, 9.17) is 28.9 Å². The normalized spacial score (nSPS) is 19.9. The summed E-state index contributed by atoms with van der Waals surface area (Å²) in [5.41, 5.74) is 8.79. The molecule has 2 bridgehead atoms. The minimum absolute atomic E-state index is 0.199. The summed E-state index contributed by atoms with van der Waals surface area (Å²) >= 11 is 12.8. The lowest BCUT2D eigenvalue weighted by atomic mass is 10.0. The van der Waals surface area contributed by atoms with Crippen LogP contribution in [0.3, 0.4) is 0 Å². The van der Waals surface area contributed by atoms with Gasteiger partial charge in [0, 0.05) is 17.8 Å². The number of carbonyl (C=O) groups excluding carboxylic acids is 1. The average Bonchev–Trinajstić information content (AvgIpc) is 3.02. The number of carbonyl (C=O) groups is 1. The minimum Gasteiger partial charge on any atom is -0.453 e. The Balaban J connectivity index is 2.09. The van der Waals surface area contributed by atoms with E-state index in [2.05, 4.69) is 32.3 Å². The number of aromatic nitrogens is 2. The highest BCUT2D eigenvalue weighted by Gasteiger charge is 2.21. The number of imidazole rings is 1. The molecule has 1 amide bonds. The van der Waals surface area contributed by atoms with Crippen molar-refractivity contribution in [3.05, 3.63) is 28.1 Å². The van der Waals surface area contributed by atoms with E-state index >= 15 is 0 Å². The topological polar surface area (TPSA) is 105 Å². The number of rotatable bonds is 1. The first-order chi connectivity index (χ1) is 12.9. The highest BCUT2D eigenvalue weighted by atomic mass is 35.5. The third kappa shape index (κ3) is 4.48. The molecule has 0 saturated carbocycles. The number of fused-ring (bicyclic) bond motifs is 4. The van der Waals surface area contributed by atoms with Crippen LogP contribution in [0.15, 0.2) is 12.1 Å². The van der Waals surface area contributed by atoms with E-state index in [0.29, 0.717) is 33.3 Å². The molecular formula is C18H23Cl2N5O2. The zero-order chi connectivity index (χ0) is 19.6. The summed E-state index contributed by atoms with van der Waals surface area (Å²) in [6.45, 7) is 2.94. The van der Waals surface area contributed by atoms with Gasteiger partial charge >= 0.3 is 6.09 Å². The van der Waals surface area contributed by atoms with Gasteiger partial charge in [0.1, 0.15) is 16.7 Å². The number of benzene rings is 1. The van der Waals surface area contributed by atoms with Crippen molar-refractivity contribution >= 4 is 40.7 Å². The molecule has 0 aliphatic carbocycles. The quantitative estimate of drug-likeness (QED) is 0.539. The van der Waals surface area contributed by atoms with E-state index in [1.54, 1.807) is 12.1 Å². The van der Waals surface area contributed by atoms with Gasteiger partial charge in [0.05, 0.1) is 23.9 Å². The number of ether oxygens (including phenoxy) is 1. The van der Waals surface area contributed by atoms with Gasteiger partial charge in [0.2, 0.25) is 0 Å². The van der Waals surface area contributed by atoms with E-state index in [0.717, 1.165) is 37.1 Å². The van der Waals surface area contributed by atoms with E-state index < -0.39 is 6.09 Å². The van der Waals surface area contributed by atoms with Gasteiger partial charge < -0.3 is 20.8 Å². The Kier molecular flexibility index (Phi) is 6.14. The van der Waals surface area contributed by atoms with Crippen molar-refractivity contribution in [1.82, 2.24) is 9.97 Å². The number of amides is 1. The third-order valence-electron chi connectivity index (χ3n) is 4.67. The van der Waals surface area contributed by atoms with Gasteiger partial charge in [-0.3, -0.25) is 5.32 Å². The second-order valence-electron chi connectivity index (χ2n) is 6.80. The summed E-state index contributed by atoms with van der Waals surface area (Å²) in [5, 5.41) is 6.80. The first kappa shape index (κ1) is 19.8. The average molecular weight is 412 g/mol. The molecule has 2 atom stereocenters. The number of nitrogens with zero attached hydrogens (tertiary/aromatic N) is 1. The van der Waals surface area contributed by atoms with Crippen LogP contribution in [0.4, 0.5) is 16.2 Å². The maximum Gasteiger partial charge on any atom is 0.411 e. The summed E-state index contributed by atoms with van der Waals surface area (Å²) in [6, 6.07) is 3.29. The molecule has 2 heterocycles. The Hall–Kier alpha value is -1.96. The van der Waals surface area contributed by atoms with Crippen molar-refractivity contribution in [2.24, 2.45) is 11.7 Å². The second kappa shape index (κ2) is 8.37. The predicted octanol–water partition coefficient (Wildman–Crippen LogP) is 4.79. The van der Waals surface area contributed by atoms with Gasteiger partial charge in [-0.2, -0.15) is 0 Å². The first-order valence-corrected chi connectivity index (χ1v) is 9.58. The van der Waals surface area contributed by atoms with E-state index in [-0.39, 0.29) is 6.04 Å². The van der Waals surface area contributed by atoms with Crippen LogP contribution in [0.2, 0.25) is 10.2 Å². The lowest BCUT2D eigenvalue weighted by molar-refractivity contribution is 0.187. The fraction of sp³-hybridized carbons (Fsp3) is 0.444. The van der Waals surface area contributed by atoms with Gasteiger partial charge in [-0.15, -0.1) is 0 Å². The fourth-order valence-corrected chi connectivity index (χ4v) is 3.56. The van der Waals surface area contributed by atoms with Crippen molar-refractivity contribution < 1.29 is 9.53 Å². The number of halogens is 2. The van der Waals surface area contributed by atoms with Crippen molar-refractivity contribution in [3.8, 4) is 11.3 Å². The summed E-state index contributed by atoms with van der Waals surface area (Å²) in [6.07, 6.45) is 2.28. The summed E-state index contributed by atoms with van der Waals surface area (Å²) in [5.74, 6) is 1.11. The van der Waals surface area contributed by atoms with E-state index in [9.17, 15) is 4.79 Å². The zero-order valence-electron chi connectivity index (χ0n) is 15.2. The number of hydrogen-bond donors (Lipinski definition) is 4. The van der Waals surface area contributed by atoms with Crippen molar-refractivity contribution in [2.75, 3.05) is 24.3 Å². The molecule has 2 aromatic rings. The van der Waals surface area contributed by atoms with E-state index in [1.807, 2.05) is 0 Å². The lowest BCUT2D eigenvalue weighted by Crippen LogP contribution is -2.16. The Morgan fingerprint density at radius 3 is 2.89 bits per heavy atom. The summed E-state index contributed by atoms with van der Waals surface area (Å²) < 4.78 is 4.65. The molecule has 0 unspecified atom stereocenters. The number of nitrogens with two attached hydrogens (primary N) is 1. The van der Waals surface area contributed by atoms with Crippen LogP contribution in [-0.2, 0) is 4.74 Å². The Bertz CT molecular complexity index is 839. The number of H-pyrrole nitrogens is 1. The molecule has 3 rings (SSSR count). The molecule has 5 N–H and O–H groups in total. The number of aromatic amines is 1. The molecule has 0 fully saturated rings. The Morgan fingerprint density at radius 2 is 2.15 bits per heavy atom. The molecule has 0 saturated heterocycles. The third-order valence-corrected chi connectivity index (χ3v) is 5.25. The van der Waals surface area contributed by atoms with Gasteiger partial charge in [0.25, 0.3) is 0 Å². The summed E-state index contributed by atoms with van der Waals surface area (Å²) in [7, 11) is 1.30. The second-order valence-corrected chi connectivity index (χ2v) is 7.59. The maximum atomic E-state index is 11.6. The van der Waals surface area contributed by atoms with Crippen LogP contribution in [0, 0.1) is 5.92 Å². The largest absolute Gasteiger partial charge is 0.453 e. The van der Waals surface area contributed by atoms with Crippen molar-refractivity contribution in [1.29, 1.82) is 0 Å². The van der Waals surface area contributed by atoms with Crippen LogP contribution in [0.25, 0.3) is 11.3 Å². The molecule has 9 heteroatoms. The molecule has 146 valence electrons. The Morgan fingerprint density at radius 1 is 1.37 bits per heavy atom. The SMILES string of the molecule is COC(=O)Nc1cc2c(cc1Cl)-c1nc([nH]c1Cl)[C@@H](N)CCC[C@@H](C)CN2. The summed E-state index contributed by atoms with van der Waals surface area (Å²) in [4.78, 5) is 19.3. The lowest BCUT2D eigenvalue weighted by Gasteiger charge is -2.19. The Labute approximate surface area is 168 Å². The molecular weight excluding hydrogens is 389 g/mol. The van der Waals surface area contributed by atoms with Crippen LogP contribution in [0.5, 0.6) is 0 Å². The number of nitrogens with one attached hydrogen (secondary N) is 3. The van der Waals surface area contributed by atoms with Crippen molar-refractivity contribution in [3.63, 3.8) is 0 Å². The first-order valence-electron chi connectivity index (χ1n) is 8.82. The highest BCUT2D eigenvalue weighted by Crippen LogP contribution is 2.39. The van der Waals surface area contributed by atoms with Crippen LogP contribution >= 0.6 is 23.2 Å². The maximum absolute atomic E-state index is 11.6. The molecule has 1 aromatic heterocycles. The van der Waals surface area contributed by atoms with Gasteiger partial charge in [-0.1, -0.05) is 36.5 Å². The van der Waals surface area contributed by atoms with Gasteiger partial charge in [-0.25, -0.2) is 9.78 Å². The molecule has 1 aliphatic heterocycles. The number of hydrogen-bond acceptors (Lipinski definition) is 5. The molecule has 0 spiro atoms. The standard InChI is InChI=1S/C18H23Cl2N5O2/c1-9-4-3-5-12(21)17-24-15(16(20)25-17)10-6-11(19)14(23-18(26)27-2)7-13(10)22-8-9/h6-7,9,12,22H,3-5,8,21H2,1-2H3,(H,23,26)(H,24,25)/t9-,12+/m1/s1. The fourth-order valence-electron chi connectivity index (χ4n) is 3.10. The highest BCUT2D eigenvalue weighted by molar-refractivity contribution is 6.35. The van der Waals surface area contributed by atoms with E-state index in [1.165, 1.54) is 7.11 Å². The molecule has 1 aromatic carbocycles. The van der Waals surface area contributed by atoms with Crippen LogP contribution in [0.1, 0.15) is 38.1 Å². The van der Waals surface area contributed by atoms with Crippen LogP contribution in [-0.4, -0.2) is 29.7 Å². The molecule has 7 nitrogen and oxygen atoms in total. The predicted molar refractivity (Wildman–Crippen MR) is 109 cm³/mol. The number of anilines is 2. The zero-order valence-corrected chi connectivity index (χ0v) is 16.7. The van der Waals surface area contributed by atoms with Crippen molar-refractivity contribution in [2.45, 2.75) is 32.2 Å². The number of methoxy groups -OCH3 is 1. The van der Waals surface area contributed by atoms with Gasteiger partial charge in [0.15, 0.2) is 0 Å². The smallest absolute Gasteiger partial charge is 0.411 e. The van der Waals surface area contributed by atoms with Gasteiger partial charge in [-0.05, 0) is 30.9 Å². The molecule has 0 radical (unpaired) electrons. The molecule has 27 heavy (non-hydrogen) atoms. The molecule has 1 aliphatic rings. The van der Waals surface area contributed by atoms with Crippen LogP contribution < -0.4 is 16.4 Å².